The second-order valence-electron chi connectivity index (χ2n) is 4.51. The number of ether oxygens (including phenoxy) is 1. The maximum atomic E-state index is 5.85. The van der Waals surface area contributed by atoms with Crippen LogP contribution < -0.4 is 10.5 Å². The Hall–Kier alpha value is -1.06. The molecule has 1 aromatic carbocycles. The average molecular weight is 220 g/mol. The Morgan fingerprint density at radius 2 is 2.38 bits per heavy atom. The molecule has 3 nitrogen and oxygen atoms in total. The molecule has 16 heavy (non-hydrogen) atoms. The van der Waals surface area contributed by atoms with Crippen LogP contribution in [0.15, 0.2) is 24.3 Å². The predicted octanol–water partition coefficient (Wildman–Crippen LogP) is 1.41. The highest BCUT2D eigenvalue weighted by Crippen LogP contribution is 2.12. The van der Waals surface area contributed by atoms with Gasteiger partial charge >= 0.3 is 0 Å². The van der Waals surface area contributed by atoms with E-state index < -0.39 is 0 Å². The molecule has 1 unspecified atom stereocenters. The van der Waals surface area contributed by atoms with E-state index >= 15 is 0 Å². The summed E-state index contributed by atoms with van der Waals surface area (Å²) in [4.78, 5) is 2.36. The van der Waals surface area contributed by atoms with Crippen LogP contribution in [0.3, 0.4) is 0 Å². The fourth-order valence-corrected chi connectivity index (χ4v) is 2.06. The summed E-state index contributed by atoms with van der Waals surface area (Å²) in [7, 11) is 0. The predicted molar refractivity (Wildman–Crippen MR) is 65.7 cm³/mol. The third-order valence-corrected chi connectivity index (χ3v) is 2.97. The zero-order valence-electron chi connectivity index (χ0n) is 9.86. The van der Waals surface area contributed by atoms with Crippen molar-refractivity contribution in [3.63, 3.8) is 0 Å². The Labute approximate surface area is 97.2 Å². The normalized spacial score (nSPS) is 21.2. The van der Waals surface area contributed by atoms with Gasteiger partial charge in [-0.15, -0.1) is 0 Å². The van der Waals surface area contributed by atoms with Crippen molar-refractivity contribution >= 4 is 0 Å². The van der Waals surface area contributed by atoms with Crippen LogP contribution >= 0.6 is 0 Å². The molecule has 1 aromatic rings. The molecule has 2 rings (SSSR count). The van der Waals surface area contributed by atoms with E-state index in [1.54, 1.807) is 0 Å². The summed E-state index contributed by atoms with van der Waals surface area (Å²) >= 11 is 0. The third-order valence-electron chi connectivity index (χ3n) is 2.97. The summed E-state index contributed by atoms with van der Waals surface area (Å²) in [6, 6.07) is 8.53. The Morgan fingerprint density at radius 1 is 1.50 bits per heavy atom. The molecule has 88 valence electrons. The van der Waals surface area contributed by atoms with E-state index in [-0.39, 0.29) is 0 Å². The highest BCUT2D eigenvalue weighted by atomic mass is 16.5. The molecule has 1 heterocycles. The lowest BCUT2D eigenvalue weighted by Crippen LogP contribution is -2.29. The number of nitrogens with two attached hydrogens (primary N) is 1. The molecule has 0 bridgehead atoms. The molecule has 0 radical (unpaired) electrons. The van der Waals surface area contributed by atoms with Gasteiger partial charge in [0, 0.05) is 19.1 Å². The van der Waals surface area contributed by atoms with Crippen molar-refractivity contribution < 1.29 is 4.74 Å². The summed E-state index contributed by atoms with van der Waals surface area (Å²) in [5.74, 6) is 0.962. The van der Waals surface area contributed by atoms with E-state index in [1.807, 2.05) is 12.1 Å². The summed E-state index contributed by atoms with van der Waals surface area (Å²) in [6.45, 7) is 5.92. The van der Waals surface area contributed by atoms with Gasteiger partial charge in [0.05, 0.1) is 0 Å². The van der Waals surface area contributed by atoms with Gasteiger partial charge in [0.25, 0.3) is 0 Å². The van der Waals surface area contributed by atoms with Gasteiger partial charge in [-0.05, 0) is 37.6 Å². The van der Waals surface area contributed by atoms with Crippen molar-refractivity contribution in [2.75, 3.05) is 26.2 Å². The second-order valence-corrected chi connectivity index (χ2v) is 4.51. The molecule has 1 saturated heterocycles. The van der Waals surface area contributed by atoms with E-state index in [2.05, 4.69) is 24.0 Å². The Bertz CT molecular complexity index is 340. The molecule has 3 heteroatoms. The first-order chi connectivity index (χ1) is 7.74. The standard InChI is InChI=1S/C13H20N2O/c1-11-3-2-4-13(9-11)16-8-7-15-6-5-12(14)10-15/h2-4,9,12H,5-8,10,14H2,1H3. The Kier molecular flexibility index (Phi) is 3.80. The van der Waals surface area contributed by atoms with Crippen LogP contribution in [0.25, 0.3) is 0 Å². The molecular weight excluding hydrogens is 200 g/mol. The van der Waals surface area contributed by atoms with Gasteiger partial charge in [-0.2, -0.15) is 0 Å². The van der Waals surface area contributed by atoms with Gasteiger partial charge in [0.15, 0.2) is 0 Å². The zero-order valence-corrected chi connectivity index (χ0v) is 9.86. The quantitative estimate of drug-likeness (QED) is 0.833. The van der Waals surface area contributed by atoms with Crippen molar-refractivity contribution in [1.82, 2.24) is 4.90 Å². The first kappa shape index (κ1) is 11.4. The largest absolute Gasteiger partial charge is 0.492 e. The summed E-state index contributed by atoms with van der Waals surface area (Å²) in [6.07, 6.45) is 1.12. The summed E-state index contributed by atoms with van der Waals surface area (Å²) < 4.78 is 5.70. The molecule has 1 aliphatic rings. The Morgan fingerprint density at radius 3 is 3.06 bits per heavy atom. The van der Waals surface area contributed by atoms with E-state index in [9.17, 15) is 0 Å². The first-order valence-corrected chi connectivity index (χ1v) is 5.91. The van der Waals surface area contributed by atoms with Crippen LogP contribution in [0.5, 0.6) is 5.75 Å². The molecule has 0 spiro atoms. The number of hydrogen-bond donors (Lipinski definition) is 1. The fourth-order valence-electron chi connectivity index (χ4n) is 2.06. The fraction of sp³-hybridized carbons (Fsp3) is 0.538. The average Bonchev–Trinajstić information content (AvgIpc) is 2.64. The number of nitrogens with zero attached hydrogens (tertiary/aromatic N) is 1. The van der Waals surface area contributed by atoms with E-state index in [0.29, 0.717) is 6.04 Å². The minimum atomic E-state index is 0.360. The van der Waals surface area contributed by atoms with Crippen molar-refractivity contribution in [3.8, 4) is 5.75 Å². The molecule has 0 amide bonds. The number of aryl methyl sites for hydroxylation is 1. The number of rotatable bonds is 4. The van der Waals surface area contributed by atoms with Gasteiger partial charge in [-0.25, -0.2) is 0 Å². The minimum Gasteiger partial charge on any atom is -0.492 e. The van der Waals surface area contributed by atoms with E-state index in [4.69, 9.17) is 10.5 Å². The summed E-state index contributed by atoms with van der Waals surface area (Å²) in [5.41, 5.74) is 7.08. The number of hydrogen-bond acceptors (Lipinski definition) is 3. The highest BCUT2D eigenvalue weighted by Gasteiger charge is 2.18. The van der Waals surface area contributed by atoms with E-state index in [1.165, 1.54) is 5.56 Å². The molecule has 0 aliphatic carbocycles. The first-order valence-electron chi connectivity index (χ1n) is 5.91. The number of likely N-dealkylation sites (tertiary alicyclic amines) is 1. The zero-order chi connectivity index (χ0) is 11.4. The Balaban J connectivity index is 1.72. The van der Waals surface area contributed by atoms with Crippen LogP contribution in [0.4, 0.5) is 0 Å². The van der Waals surface area contributed by atoms with Gasteiger partial charge in [-0.3, -0.25) is 4.90 Å². The van der Waals surface area contributed by atoms with Gasteiger partial charge < -0.3 is 10.5 Å². The van der Waals surface area contributed by atoms with Crippen molar-refractivity contribution in [2.24, 2.45) is 5.73 Å². The monoisotopic (exact) mass is 220 g/mol. The van der Waals surface area contributed by atoms with Gasteiger partial charge in [0.1, 0.15) is 12.4 Å². The molecule has 1 atom stereocenters. The lowest BCUT2D eigenvalue weighted by molar-refractivity contribution is 0.236. The minimum absolute atomic E-state index is 0.360. The van der Waals surface area contributed by atoms with Crippen LogP contribution in [0.2, 0.25) is 0 Å². The van der Waals surface area contributed by atoms with Crippen LogP contribution in [-0.4, -0.2) is 37.2 Å². The van der Waals surface area contributed by atoms with Crippen molar-refractivity contribution in [2.45, 2.75) is 19.4 Å². The highest BCUT2D eigenvalue weighted by molar-refractivity contribution is 5.27. The summed E-state index contributed by atoms with van der Waals surface area (Å²) in [5, 5.41) is 0. The maximum absolute atomic E-state index is 5.85. The molecular formula is C13H20N2O. The smallest absolute Gasteiger partial charge is 0.119 e. The topological polar surface area (TPSA) is 38.5 Å². The van der Waals surface area contributed by atoms with Crippen molar-refractivity contribution in [3.05, 3.63) is 29.8 Å². The van der Waals surface area contributed by atoms with Crippen LogP contribution in [-0.2, 0) is 0 Å². The molecule has 1 aliphatic heterocycles. The molecule has 0 saturated carbocycles. The SMILES string of the molecule is Cc1cccc(OCCN2CCC(N)C2)c1. The molecule has 1 fully saturated rings. The van der Waals surface area contributed by atoms with Gasteiger partial charge in [-0.1, -0.05) is 12.1 Å². The second kappa shape index (κ2) is 5.32. The maximum Gasteiger partial charge on any atom is 0.119 e. The number of benzene rings is 1. The third kappa shape index (κ3) is 3.22. The van der Waals surface area contributed by atoms with Crippen LogP contribution in [0.1, 0.15) is 12.0 Å². The van der Waals surface area contributed by atoms with Crippen LogP contribution in [0, 0.1) is 6.92 Å². The van der Waals surface area contributed by atoms with Crippen molar-refractivity contribution in [1.29, 1.82) is 0 Å². The molecule has 0 aromatic heterocycles. The van der Waals surface area contributed by atoms with Gasteiger partial charge in [0.2, 0.25) is 0 Å². The van der Waals surface area contributed by atoms with E-state index in [0.717, 1.165) is 38.4 Å². The molecule has 2 N–H and O–H groups in total. The lowest BCUT2D eigenvalue weighted by atomic mass is 10.2. The lowest BCUT2D eigenvalue weighted by Gasteiger charge is -2.15.